The number of aromatic nitrogens is 2. The van der Waals surface area contributed by atoms with E-state index in [9.17, 15) is 26.7 Å². The van der Waals surface area contributed by atoms with Crippen LogP contribution in [0, 0.1) is 5.92 Å². The summed E-state index contributed by atoms with van der Waals surface area (Å²) in [5.74, 6) is -0.508. The molecule has 0 atom stereocenters. The quantitative estimate of drug-likeness (QED) is 0.316. The van der Waals surface area contributed by atoms with Gasteiger partial charge in [-0.25, -0.2) is 10.1 Å². The topological polar surface area (TPSA) is 189 Å². The van der Waals surface area contributed by atoms with Gasteiger partial charge in [-0.15, -0.1) is 4.40 Å². The van der Waals surface area contributed by atoms with Gasteiger partial charge in [0.25, 0.3) is 25.8 Å². The predicted octanol–water partition coefficient (Wildman–Crippen LogP) is 1.47. The first kappa shape index (κ1) is 28.0. The van der Waals surface area contributed by atoms with E-state index in [4.69, 9.17) is 5.14 Å². The van der Waals surface area contributed by atoms with Crippen LogP contribution in [0.4, 0.5) is 11.4 Å². The molecule has 5 N–H and O–H groups in total. The van der Waals surface area contributed by atoms with Gasteiger partial charge in [0, 0.05) is 18.8 Å². The molecule has 0 spiro atoms. The van der Waals surface area contributed by atoms with Crippen molar-refractivity contribution in [1.29, 1.82) is 0 Å². The summed E-state index contributed by atoms with van der Waals surface area (Å²) in [4.78, 5) is 17.6. The zero-order chi connectivity index (χ0) is 28.8. The largest absolute Gasteiger partial charge is 0.506 e. The molecule has 13 nitrogen and oxygen atoms in total. The van der Waals surface area contributed by atoms with Crippen LogP contribution in [0.25, 0.3) is 11.0 Å². The number of hydrogen-bond donors (Lipinski definition) is 4. The number of piperidine rings is 1. The molecule has 1 saturated heterocycles. The molecule has 0 aliphatic carbocycles. The molecule has 4 heterocycles. The van der Waals surface area contributed by atoms with Crippen molar-refractivity contribution in [1.82, 2.24) is 14.9 Å². The number of nitrogens with one attached hydrogen (secondary N) is 2. The van der Waals surface area contributed by atoms with E-state index >= 15 is 0 Å². The minimum absolute atomic E-state index is 0.0762. The minimum Gasteiger partial charge on any atom is -0.506 e. The third kappa shape index (κ3) is 5.16. The van der Waals surface area contributed by atoms with Gasteiger partial charge in [0.05, 0.1) is 16.8 Å². The number of anilines is 2. The molecule has 214 valence electrons. The number of benzene rings is 1. The van der Waals surface area contributed by atoms with E-state index in [0.29, 0.717) is 38.9 Å². The number of aromatic hydroxyl groups is 1. The van der Waals surface area contributed by atoms with E-state index in [2.05, 4.69) is 20.0 Å². The van der Waals surface area contributed by atoms with Gasteiger partial charge in [-0.3, -0.25) is 13.7 Å². The van der Waals surface area contributed by atoms with Crippen molar-refractivity contribution in [2.24, 2.45) is 15.5 Å². The monoisotopic (exact) mass is 589 g/mol. The highest BCUT2D eigenvalue weighted by Crippen LogP contribution is 2.36. The second kappa shape index (κ2) is 10.5. The van der Waals surface area contributed by atoms with E-state index in [1.807, 2.05) is 13.8 Å². The van der Waals surface area contributed by atoms with Gasteiger partial charge in [-0.2, -0.15) is 16.8 Å². The fourth-order valence-corrected chi connectivity index (χ4v) is 7.25. The van der Waals surface area contributed by atoms with Crippen molar-refractivity contribution >= 4 is 48.5 Å². The first-order valence-corrected chi connectivity index (χ1v) is 15.8. The smallest absolute Gasteiger partial charge is 0.299 e. The van der Waals surface area contributed by atoms with Crippen LogP contribution in [0.1, 0.15) is 38.7 Å². The third-order valence-corrected chi connectivity index (χ3v) is 9.41. The summed E-state index contributed by atoms with van der Waals surface area (Å²) in [5, 5.41) is 22.9. The Morgan fingerprint density at radius 3 is 2.62 bits per heavy atom. The van der Waals surface area contributed by atoms with Gasteiger partial charge in [0.15, 0.2) is 5.84 Å². The number of fused-ring (bicyclic) bond motifs is 2. The maximum absolute atomic E-state index is 13.6. The lowest BCUT2D eigenvalue weighted by Gasteiger charge is -2.34. The Morgan fingerprint density at radius 2 is 1.95 bits per heavy atom. The highest BCUT2D eigenvalue weighted by atomic mass is 32.2. The van der Waals surface area contributed by atoms with E-state index < -0.39 is 37.6 Å². The number of pyridine rings is 2. The Bertz CT molecular complexity index is 1780. The van der Waals surface area contributed by atoms with Gasteiger partial charge >= 0.3 is 0 Å². The molecule has 2 aliphatic rings. The van der Waals surface area contributed by atoms with Gasteiger partial charge < -0.3 is 15.7 Å². The van der Waals surface area contributed by atoms with Crippen molar-refractivity contribution in [2.45, 2.75) is 50.6 Å². The van der Waals surface area contributed by atoms with Crippen LogP contribution in [0.15, 0.2) is 50.6 Å². The van der Waals surface area contributed by atoms with E-state index in [1.165, 1.54) is 29.0 Å². The molecule has 2 aromatic heterocycles. The molecular weight excluding hydrogens is 558 g/mol. The fraction of sp³-hybridized carbons (Fsp3) is 0.400. The third-order valence-electron chi connectivity index (χ3n) is 7.04. The zero-order valence-corrected chi connectivity index (χ0v) is 23.7. The van der Waals surface area contributed by atoms with Crippen LogP contribution >= 0.6 is 0 Å². The molecule has 3 aromatic rings. The first-order valence-electron chi connectivity index (χ1n) is 12.9. The number of nitrogens with two attached hydrogens (primary N) is 1. The number of sulfonamides is 1. The Balaban J connectivity index is 1.62. The van der Waals surface area contributed by atoms with Crippen LogP contribution < -0.4 is 25.6 Å². The number of rotatable bonds is 7. The van der Waals surface area contributed by atoms with Gasteiger partial charge in [0.2, 0.25) is 0 Å². The summed E-state index contributed by atoms with van der Waals surface area (Å²) in [6, 6.07) is 6.80. The molecular formula is C25H31N7O6S2. The van der Waals surface area contributed by atoms with Crippen LogP contribution in [0.2, 0.25) is 0 Å². The molecule has 1 aromatic carbocycles. The molecule has 0 amide bonds. The number of nitrogens with zero attached hydrogens (tertiary/aromatic N) is 4. The number of aryl methyl sites for hydroxylation is 1. The van der Waals surface area contributed by atoms with E-state index in [0.717, 1.165) is 4.31 Å². The molecule has 1 fully saturated rings. The van der Waals surface area contributed by atoms with Crippen molar-refractivity contribution in [3.8, 4) is 5.75 Å². The van der Waals surface area contributed by atoms with Gasteiger partial charge in [-0.1, -0.05) is 13.8 Å². The predicted molar refractivity (Wildman–Crippen MR) is 152 cm³/mol. The van der Waals surface area contributed by atoms with Crippen molar-refractivity contribution < 1.29 is 21.9 Å². The van der Waals surface area contributed by atoms with Crippen LogP contribution in [0.5, 0.6) is 5.75 Å². The average molecular weight is 590 g/mol. The maximum atomic E-state index is 13.6. The molecule has 2 aliphatic heterocycles. The Morgan fingerprint density at radius 1 is 1.23 bits per heavy atom. The summed E-state index contributed by atoms with van der Waals surface area (Å²) < 4.78 is 58.1. The van der Waals surface area contributed by atoms with Crippen molar-refractivity contribution in [2.75, 3.05) is 22.7 Å². The van der Waals surface area contributed by atoms with Gasteiger partial charge in [0.1, 0.15) is 21.9 Å². The highest BCUT2D eigenvalue weighted by Gasteiger charge is 2.34. The van der Waals surface area contributed by atoms with Crippen LogP contribution in [0.3, 0.4) is 0 Å². The second-order valence-corrected chi connectivity index (χ2v) is 13.3. The van der Waals surface area contributed by atoms with E-state index in [-0.39, 0.29) is 44.6 Å². The lowest BCUT2D eigenvalue weighted by atomic mass is 10.1. The fourth-order valence-electron chi connectivity index (χ4n) is 5.07. The van der Waals surface area contributed by atoms with Crippen LogP contribution in [-0.4, -0.2) is 56.5 Å². The Labute approximate surface area is 232 Å². The maximum Gasteiger partial charge on any atom is 0.299 e. The van der Waals surface area contributed by atoms with Gasteiger partial charge in [-0.05, 0) is 68.6 Å². The SMILES string of the molecule is CC(C)CCn1c(=O)c(C2=NS(=O)(=O)c3cc(N(C4CCNCC4)S(N)(=O)=O)ccc3N2)c(O)c2cccnc21. The lowest BCUT2D eigenvalue weighted by molar-refractivity contribution is 0.453. The van der Waals surface area contributed by atoms with Crippen LogP contribution in [-0.2, 0) is 26.8 Å². The molecule has 0 unspecified atom stereocenters. The number of hydrogen-bond acceptors (Lipinski definition) is 9. The second-order valence-electron chi connectivity index (χ2n) is 10.3. The van der Waals surface area contributed by atoms with Crippen molar-refractivity contribution in [3.05, 3.63) is 52.4 Å². The minimum atomic E-state index is -4.42. The molecule has 0 bridgehead atoms. The molecule has 15 heteroatoms. The summed E-state index contributed by atoms with van der Waals surface area (Å²) in [5.41, 5.74) is -0.500. The number of amidine groups is 1. The Kier molecular flexibility index (Phi) is 7.33. The highest BCUT2D eigenvalue weighted by molar-refractivity contribution is 7.91. The molecule has 40 heavy (non-hydrogen) atoms. The molecule has 0 saturated carbocycles. The summed E-state index contributed by atoms with van der Waals surface area (Å²) in [6.45, 7) is 5.50. The van der Waals surface area contributed by atoms with Crippen molar-refractivity contribution in [3.63, 3.8) is 0 Å². The molecule has 5 rings (SSSR count). The normalized spacial score (nSPS) is 17.4. The summed E-state index contributed by atoms with van der Waals surface area (Å²) >= 11 is 0. The summed E-state index contributed by atoms with van der Waals surface area (Å²) in [7, 11) is -8.63. The summed E-state index contributed by atoms with van der Waals surface area (Å²) in [6.07, 6.45) is 3.16. The standard InChI is InChI=1S/C25H31N7O6S2/c1-15(2)9-13-31-24-18(4-3-10-28-24)22(33)21(25(31)34)23-29-19-6-5-17(14-20(19)39(35,36)30-23)32(40(26,37)38)16-7-11-27-12-8-16/h3-6,10,14-16,27,33H,7-9,11-13H2,1-2H3,(H,29,30)(H2,26,37,38). The average Bonchev–Trinajstić information content (AvgIpc) is 2.88. The Hall–Kier alpha value is -3.53. The zero-order valence-electron chi connectivity index (χ0n) is 22.0. The first-order chi connectivity index (χ1) is 18.9. The lowest BCUT2D eigenvalue weighted by Crippen LogP contribution is -2.49. The molecule has 0 radical (unpaired) electrons. The van der Waals surface area contributed by atoms with E-state index in [1.54, 1.807) is 12.1 Å².